The van der Waals surface area contributed by atoms with E-state index in [0.29, 0.717) is 18.0 Å². The predicted octanol–water partition coefficient (Wildman–Crippen LogP) is 3.13. The van der Waals surface area contributed by atoms with Crippen LogP contribution in [-0.2, 0) is 16.1 Å². The molecule has 0 aliphatic heterocycles. The second-order valence-electron chi connectivity index (χ2n) is 4.80. The van der Waals surface area contributed by atoms with Crippen LogP contribution >= 0.6 is 15.9 Å². The van der Waals surface area contributed by atoms with Crippen LogP contribution in [-0.4, -0.2) is 26.8 Å². The summed E-state index contributed by atoms with van der Waals surface area (Å²) in [5.41, 5.74) is 8.20. The number of hydrogen-bond acceptors (Lipinski definition) is 6. The summed E-state index contributed by atoms with van der Waals surface area (Å²) >= 11 is 3.50. The largest absolute Gasteiger partial charge is 0.493 e. The molecular weight excluding hydrogens is 376 g/mol. The lowest BCUT2D eigenvalue weighted by Crippen LogP contribution is -2.21. The van der Waals surface area contributed by atoms with Crippen LogP contribution in [0.5, 0.6) is 11.5 Å². The van der Waals surface area contributed by atoms with Gasteiger partial charge in [0.2, 0.25) is 0 Å². The van der Waals surface area contributed by atoms with E-state index in [2.05, 4.69) is 31.5 Å². The van der Waals surface area contributed by atoms with Crippen molar-refractivity contribution in [2.75, 3.05) is 26.3 Å². The molecule has 0 amide bonds. The molecule has 0 bridgehead atoms. The third-order valence-corrected chi connectivity index (χ3v) is 3.93. The smallest absolute Gasteiger partial charge is 0.343 e. The number of hydrogen-bond donors (Lipinski definition) is 2. The van der Waals surface area contributed by atoms with Crippen molar-refractivity contribution in [1.82, 2.24) is 5.43 Å². The lowest BCUT2D eigenvalue weighted by molar-refractivity contribution is -0.142. The number of rotatable bonds is 8. The first-order valence-electron chi connectivity index (χ1n) is 7.24. The molecule has 0 aromatic heterocycles. The summed E-state index contributed by atoms with van der Waals surface area (Å²) < 4.78 is 16.1. The molecule has 2 rings (SSSR count). The Hall–Kier alpha value is -2.25. The van der Waals surface area contributed by atoms with Crippen LogP contribution in [0.15, 0.2) is 46.9 Å². The minimum Gasteiger partial charge on any atom is -0.493 e. The fraction of sp³-hybridized carbons (Fsp3) is 0.235. The molecule has 0 heterocycles. The summed E-state index contributed by atoms with van der Waals surface area (Å²) in [5, 5.41) is 0. The first-order valence-corrected chi connectivity index (χ1v) is 8.03. The molecule has 6 nitrogen and oxygen atoms in total. The van der Waals surface area contributed by atoms with Crippen LogP contribution in [0.25, 0.3) is 0 Å². The summed E-state index contributed by atoms with van der Waals surface area (Å²) in [7, 11) is 2.86. The summed E-state index contributed by atoms with van der Waals surface area (Å²) in [4.78, 5) is 11.2. The fourth-order valence-corrected chi connectivity index (χ4v) is 2.41. The number of carbonyl (C=O) groups is 1. The zero-order chi connectivity index (χ0) is 17.4. The standard InChI is InChI=1S/C17H19BrN2O4/c1-22-15-8-12(10-19-20-13-6-4-3-5-7-13)14(18)9-16(15)24-11-17(21)23-2/h3-9,19-20H,10-11H2,1-2H3. The van der Waals surface area contributed by atoms with Crippen molar-refractivity contribution in [1.29, 1.82) is 0 Å². The lowest BCUT2D eigenvalue weighted by atomic mass is 10.2. The van der Waals surface area contributed by atoms with Crippen molar-refractivity contribution in [3.8, 4) is 11.5 Å². The molecule has 128 valence electrons. The number of nitrogens with one attached hydrogen (secondary N) is 2. The first kappa shape index (κ1) is 18.1. The van der Waals surface area contributed by atoms with Crippen LogP contribution in [0.3, 0.4) is 0 Å². The van der Waals surface area contributed by atoms with Gasteiger partial charge in [-0.3, -0.25) is 0 Å². The van der Waals surface area contributed by atoms with E-state index in [0.717, 1.165) is 15.7 Å². The first-order chi connectivity index (χ1) is 11.6. The summed E-state index contributed by atoms with van der Waals surface area (Å²) in [6.07, 6.45) is 0. The number of esters is 1. The molecular formula is C17H19BrN2O4. The Labute approximate surface area is 149 Å². The number of anilines is 1. The molecule has 24 heavy (non-hydrogen) atoms. The Bertz CT molecular complexity index is 680. The van der Waals surface area contributed by atoms with Gasteiger partial charge in [-0.2, -0.15) is 0 Å². The lowest BCUT2D eigenvalue weighted by Gasteiger charge is -2.14. The third kappa shape index (κ3) is 5.14. The van der Waals surface area contributed by atoms with Crippen LogP contribution in [0, 0.1) is 0 Å². The summed E-state index contributed by atoms with van der Waals surface area (Å²) in [6.45, 7) is 0.385. The van der Waals surface area contributed by atoms with Gasteiger partial charge < -0.3 is 19.6 Å². The van der Waals surface area contributed by atoms with Gasteiger partial charge in [0.05, 0.1) is 14.2 Å². The summed E-state index contributed by atoms with van der Waals surface area (Å²) in [5.74, 6) is 0.555. The summed E-state index contributed by atoms with van der Waals surface area (Å²) in [6, 6.07) is 13.4. The Kier molecular flexibility index (Phi) is 6.89. The Morgan fingerprint density at radius 1 is 1.12 bits per heavy atom. The monoisotopic (exact) mass is 394 g/mol. The zero-order valence-corrected chi connectivity index (χ0v) is 15.1. The van der Waals surface area contributed by atoms with Crippen molar-refractivity contribution in [3.63, 3.8) is 0 Å². The third-order valence-electron chi connectivity index (χ3n) is 3.19. The highest BCUT2D eigenvalue weighted by molar-refractivity contribution is 9.10. The highest BCUT2D eigenvalue weighted by Crippen LogP contribution is 2.33. The van der Waals surface area contributed by atoms with E-state index in [1.807, 2.05) is 36.4 Å². The van der Waals surface area contributed by atoms with Gasteiger partial charge in [0.25, 0.3) is 0 Å². The van der Waals surface area contributed by atoms with Crippen molar-refractivity contribution in [3.05, 3.63) is 52.5 Å². The van der Waals surface area contributed by atoms with Gasteiger partial charge in [-0.15, -0.1) is 0 Å². The van der Waals surface area contributed by atoms with E-state index in [4.69, 9.17) is 9.47 Å². The molecule has 0 unspecified atom stereocenters. The number of carbonyl (C=O) groups excluding carboxylic acids is 1. The molecule has 2 aromatic rings. The highest BCUT2D eigenvalue weighted by Gasteiger charge is 2.12. The van der Waals surface area contributed by atoms with Gasteiger partial charge in [-0.25, -0.2) is 10.2 Å². The second-order valence-corrected chi connectivity index (χ2v) is 5.66. The molecule has 0 saturated carbocycles. The minimum absolute atomic E-state index is 0.174. The maximum atomic E-state index is 11.2. The SMILES string of the molecule is COC(=O)COc1cc(Br)c(CNNc2ccccc2)cc1OC. The van der Waals surface area contributed by atoms with Crippen molar-refractivity contribution < 1.29 is 19.0 Å². The fourth-order valence-electron chi connectivity index (χ4n) is 1.94. The van der Waals surface area contributed by atoms with Gasteiger partial charge in [0.15, 0.2) is 18.1 Å². The van der Waals surface area contributed by atoms with Crippen LogP contribution in [0.1, 0.15) is 5.56 Å². The Morgan fingerprint density at radius 3 is 2.54 bits per heavy atom. The van der Waals surface area contributed by atoms with E-state index in [1.54, 1.807) is 13.2 Å². The molecule has 2 aromatic carbocycles. The van der Waals surface area contributed by atoms with Crippen molar-refractivity contribution in [2.24, 2.45) is 0 Å². The van der Waals surface area contributed by atoms with Crippen LogP contribution < -0.4 is 20.3 Å². The van der Waals surface area contributed by atoms with Gasteiger partial charge in [-0.05, 0) is 29.8 Å². The van der Waals surface area contributed by atoms with Crippen LogP contribution in [0.4, 0.5) is 5.69 Å². The molecule has 0 atom stereocenters. The van der Waals surface area contributed by atoms with E-state index in [9.17, 15) is 4.79 Å². The van der Waals surface area contributed by atoms with E-state index in [-0.39, 0.29) is 6.61 Å². The molecule has 0 fully saturated rings. The van der Waals surface area contributed by atoms with Gasteiger partial charge in [0, 0.05) is 16.7 Å². The molecule has 0 saturated heterocycles. The molecule has 7 heteroatoms. The number of para-hydroxylation sites is 1. The van der Waals surface area contributed by atoms with Crippen molar-refractivity contribution >= 4 is 27.6 Å². The number of methoxy groups -OCH3 is 2. The molecule has 0 aliphatic carbocycles. The normalized spacial score (nSPS) is 10.1. The molecule has 2 N–H and O–H groups in total. The number of hydrazine groups is 1. The number of benzene rings is 2. The Morgan fingerprint density at radius 2 is 1.88 bits per heavy atom. The molecule has 0 radical (unpaired) electrons. The highest BCUT2D eigenvalue weighted by atomic mass is 79.9. The van der Waals surface area contributed by atoms with E-state index < -0.39 is 5.97 Å². The van der Waals surface area contributed by atoms with Gasteiger partial charge in [-0.1, -0.05) is 34.1 Å². The van der Waals surface area contributed by atoms with Gasteiger partial charge in [0.1, 0.15) is 0 Å². The predicted molar refractivity (Wildman–Crippen MR) is 95.1 cm³/mol. The average molecular weight is 395 g/mol. The minimum atomic E-state index is -0.453. The topological polar surface area (TPSA) is 68.8 Å². The maximum Gasteiger partial charge on any atom is 0.343 e. The zero-order valence-electron chi connectivity index (χ0n) is 13.5. The number of ether oxygens (including phenoxy) is 3. The van der Waals surface area contributed by atoms with Crippen molar-refractivity contribution in [2.45, 2.75) is 6.54 Å². The molecule has 0 spiro atoms. The van der Waals surface area contributed by atoms with E-state index >= 15 is 0 Å². The number of halogens is 1. The van der Waals surface area contributed by atoms with E-state index in [1.165, 1.54) is 7.11 Å². The van der Waals surface area contributed by atoms with Gasteiger partial charge >= 0.3 is 5.97 Å². The molecule has 0 aliphatic rings. The maximum absolute atomic E-state index is 11.2. The van der Waals surface area contributed by atoms with Crippen LogP contribution in [0.2, 0.25) is 0 Å². The second kappa shape index (κ2) is 9.14. The average Bonchev–Trinajstić information content (AvgIpc) is 2.61. The Balaban J connectivity index is 2.01. The quantitative estimate of drug-likeness (QED) is 0.529.